The lowest BCUT2D eigenvalue weighted by atomic mass is 9.94. The average Bonchev–Trinajstić information content (AvgIpc) is 3.05. The number of carbonyl (C=O) groups excluding carboxylic acids is 1. The molecule has 0 saturated carbocycles. The van der Waals surface area contributed by atoms with Gasteiger partial charge in [-0.2, -0.15) is 11.8 Å². The van der Waals surface area contributed by atoms with Crippen LogP contribution < -0.4 is 0 Å². The Hall–Kier alpha value is -1.72. The molecule has 0 aliphatic carbocycles. The highest BCUT2D eigenvalue weighted by Crippen LogP contribution is 2.33. The lowest BCUT2D eigenvalue weighted by molar-refractivity contribution is -0.153. The molecule has 24 heavy (non-hydrogen) atoms. The van der Waals surface area contributed by atoms with E-state index in [-0.39, 0.29) is 5.91 Å². The van der Waals surface area contributed by atoms with Crippen molar-refractivity contribution >= 4 is 17.7 Å². The predicted molar refractivity (Wildman–Crippen MR) is 94.8 cm³/mol. The van der Waals surface area contributed by atoms with Crippen molar-refractivity contribution in [2.45, 2.75) is 31.4 Å². The van der Waals surface area contributed by atoms with Crippen molar-refractivity contribution < 1.29 is 14.3 Å². The van der Waals surface area contributed by atoms with Crippen LogP contribution in [0.2, 0.25) is 0 Å². The van der Waals surface area contributed by atoms with Gasteiger partial charge in [0.1, 0.15) is 17.1 Å². The van der Waals surface area contributed by atoms with E-state index in [4.69, 9.17) is 4.42 Å². The monoisotopic (exact) mass is 343 g/mol. The van der Waals surface area contributed by atoms with Crippen molar-refractivity contribution in [1.82, 2.24) is 4.90 Å². The van der Waals surface area contributed by atoms with Gasteiger partial charge in [-0.15, -0.1) is 0 Å². The Bertz CT molecular complexity index is 734. The highest BCUT2D eigenvalue weighted by atomic mass is 32.2. The summed E-state index contributed by atoms with van der Waals surface area (Å²) in [6.45, 7) is 1.10. The van der Waals surface area contributed by atoms with E-state index in [1.54, 1.807) is 16.7 Å². The number of thioether (sulfide) groups is 1. The molecule has 0 atom stereocenters. The second kappa shape index (κ2) is 6.30. The van der Waals surface area contributed by atoms with Gasteiger partial charge in [-0.05, 0) is 42.4 Å². The molecule has 3 heterocycles. The smallest absolute Gasteiger partial charge is 0.255 e. The molecule has 0 radical (unpaired) electrons. The molecule has 4 nitrogen and oxygen atoms in total. The topological polar surface area (TPSA) is 53.7 Å². The molecular formula is C19H21NO3S. The molecule has 0 unspecified atom stereocenters. The third kappa shape index (κ3) is 2.87. The van der Waals surface area contributed by atoms with E-state index < -0.39 is 5.60 Å². The van der Waals surface area contributed by atoms with Crippen LogP contribution in [0.15, 0.2) is 40.8 Å². The van der Waals surface area contributed by atoms with Crippen LogP contribution in [0.4, 0.5) is 0 Å². The van der Waals surface area contributed by atoms with Gasteiger partial charge in [0.25, 0.3) is 5.91 Å². The van der Waals surface area contributed by atoms with E-state index in [0.717, 1.165) is 35.0 Å². The van der Waals surface area contributed by atoms with Gasteiger partial charge in [-0.1, -0.05) is 30.3 Å². The first-order valence-electron chi connectivity index (χ1n) is 8.42. The number of hydrogen-bond donors (Lipinski definition) is 1. The lowest BCUT2D eigenvalue weighted by Crippen LogP contribution is -2.52. The van der Waals surface area contributed by atoms with E-state index >= 15 is 0 Å². The zero-order valence-electron chi connectivity index (χ0n) is 13.5. The minimum atomic E-state index is -1.18. The quantitative estimate of drug-likeness (QED) is 0.910. The summed E-state index contributed by atoms with van der Waals surface area (Å²) in [4.78, 5) is 14.5. The number of amides is 1. The maximum Gasteiger partial charge on any atom is 0.255 e. The molecule has 0 spiro atoms. The Morgan fingerprint density at radius 2 is 1.96 bits per heavy atom. The van der Waals surface area contributed by atoms with Crippen LogP contribution in [-0.4, -0.2) is 39.6 Å². The van der Waals surface area contributed by atoms with Gasteiger partial charge in [0, 0.05) is 12.1 Å². The van der Waals surface area contributed by atoms with Crippen molar-refractivity contribution in [3.05, 3.63) is 47.7 Å². The molecule has 126 valence electrons. The standard InChI is InChI=1S/C19H21NO3S/c21-18(19(22)7-10-24-11-8-19)20-9-6-15-12-16(23-17(15)13-20)14-4-2-1-3-5-14/h1-5,12,22H,6-11,13H2. The number of carbonyl (C=O) groups is 1. The van der Waals surface area contributed by atoms with Crippen LogP contribution in [0.1, 0.15) is 24.2 Å². The van der Waals surface area contributed by atoms with Crippen LogP contribution >= 0.6 is 11.8 Å². The van der Waals surface area contributed by atoms with Crippen LogP contribution in [0.25, 0.3) is 11.3 Å². The number of aliphatic hydroxyl groups is 1. The van der Waals surface area contributed by atoms with Crippen LogP contribution in [0.5, 0.6) is 0 Å². The van der Waals surface area contributed by atoms with E-state index in [0.29, 0.717) is 25.9 Å². The maximum absolute atomic E-state index is 12.8. The van der Waals surface area contributed by atoms with Crippen molar-refractivity contribution in [2.75, 3.05) is 18.1 Å². The Balaban J connectivity index is 1.53. The van der Waals surface area contributed by atoms with Crippen LogP contribution in [0, 0.1) is 0 Å². The molecule has 4 rings (SSSR count). The number of furan rings is 1. The number of rotatable bonds is 2. The third-order valence-electron chi connectivity index (χ3n) is 4.95. The number of nitrogens with zero attached hydrogens (tertiary/aromatic N) is 1. The van der Waals surface area contributed by atoms with Crippen LogP contribution in [0.3, 0.4) is 0 Å². The molecule has 5 heteroatoms. The van der Waals surface area contributed by atoms with Gasteiger partial charge in [0.05, 0.1) is 6.54 Å². The Kier molecular flexibility index (Phi) is 4.14. The summed E-state index contributed by atoms with van der Waals surface area (Å²) in [7, 11) is 0. The van der Waals surface area contributed by atoms with Crippen molar-refractivity contribution in [3.8, 4) is 11.3 Å². The van der Waals surface area contributed by atoms with E-state index in [2.05, 4.69) is 6.07 Å². The molecule has 2 aromatic rings. The molecule has 1 amide bonds. The van der Waals surface area contributed by atoms with E-state index in [9.17, 15) is 9.90 Å². The van der Waals surface area contributed by atoms with E-state index in [1.165, 1.54) is 5.56 Å². The molecule has 1 fully saturated rings. The van der Waals surface area contributed by atoms with Crippen molar-refractivity contribution in [1.29, 1.82) is 0 Å². The lowest BCUT2D eigenvalue weighted by Gasteiger charge is -2.36. The largest absolute Gasteiger partial charge is 0.459 e. The molecule has 2 aliphatic rings. The van der Waals surface area contributed by atoms with Crippen molar-refractivity contribution in [2.24, 2.45) is 0 Å². The molecule has 1 aromatic heterocycles. The number of benzene rings is 1. The summed E-state index contributed by atoms with van der Waals surface area (Å²) in [6, 6.07) is 12.1. The zero-order chi connectivity index (χ0) is 16.6. The fourth-order valence-electron chi connectivity index (χ4n) is 3.45. The second-order valence-electron chi connectivity index (χ2n) is 6.55. The summed E-state index contributed by atoms with van der Waals surface area (Å²) in [5.41, 5.74) is 1.04. The second-order valence-corrected chi connectivity index (χ2v) is 7.77. The van der Waals surface area contributed by atoms with Gasteiger partial charge in [0.15, 0.2) is 0 Å². The average molecular weight is 343 g/mol. The Morgan fingerprint density at radius 1 is 1.21 bits per heavy atom. The Labute approximate surface area is 145 Å². The van der Waals surface area contributed by atoms with E-state index in [1.807, 2.05) is 30.3 Å². The van der Waals surface area contributed by atoms with Gasteiger partial charge < -0.3 is 14.4 Å². The molecule has 1 aromatic carbocycles. The van der Waals surface area contributed by atoms with Crippen LogP contribution in [-0.2, 0) is 17.8 Å². The number of fused-ring (bicyclic) bond motifs is 1. The van der Waals surface area contributed by atoms with Crippen molar-refractivity contribution in [3.63, 3.8) is 0 Å². The zero-order valence-corrected chi connectivity index (χ0v) is 14.3. The van der Waals surface area contributed by atoms with Gasteiger partial charge in [0.2, 0.25) is 0 Å². The summed E-state index contributed by atoms with van der Waals surface area (Å²) in [5, 5.41) is 10.7. The first-order chi connectivity index (χ1) is 11.7. The normalized spacial score (nSPS) is 19.8. The third-order valence-corrected chi connectivity index (χ3v) is 5.93. The summed E-state index contributed by atoms with van der Waals surface area (Å²) in [5.74, 6) is 3.26. The number of hydrogen-bond acceptors (Lipinski definition) is 4. The molecular weight excluding hydrogens is 322 g/mol. The van der Waals surface area contributed by atoms with Gasteiger partial charge in [-0.25, -0.2) is 0 Å². The highest BCUT2D eigenvalue weighted by Gasteiger charge is 2.41. The maximum atomic E-state index is 12.8. The minimum absolute atomic E-state index is 0.133. The van der Waals surface area contributed by atoms with Gasteiger partial charge >= 0.3 is 0 Å². The summed E-state index contributed by atoms with van der Waals surface area (Å²) < 4.78 is 6.01. The SMILES string of the molecule is O=C(N1CCc2cc(-c3ccccc3)oc2C1)C1(O)CCSCC1. The Morgan fingerprint density at radius 3 is 2.71 bits per heavy atom. The molecule has 1 saturated heterocycles. The molecule has 2 aliphatic heterocycles. The first kappa shape index (κ1) is 15.8. The first-order valence-corrected chi connectivity index (χ1v) is 9.58. The summed E-state index contributed by atoms with van der Waals surface area (Å²) in [6.07, 6.45) is 1.88. The fraction of sp³-hybridized carbons (Fsp3) is 0.421. The highest BCUT2D eigenvalue weighted by molar-refractivity contribution is 7.99. The van der Waals surface area contributed by atoms with Gasteiger partial charge in [-0.3, -0.25) is 4.79 Å². The summed E-state index contributed by atoms with van der Waals surface area (Å²) >= 11 is 1.80. The minimum Gasteiger partial charge on any atom is -0.459 e. The fourth-order valence-corrected chi connectivity index (χ4v) is 4.62. The predicted octanol–water partition coefficient (Wildman–Crippen LogP) is 3.09. The molecule has 0 bridgehead atoms. The molecule has 1 N–H and O–H groups in total.